The molecule has 2 aliphatic rings. The van der Waals surface area contributed by atoms with E-state index >= 15 is 0 Å². The van der Waals surface area contributed by atoms with Gasteiger partial charge >= 0.3 is 0 Å². The van der Waals surface area contributed by atoms with Crippen LogP contribution in [-0.2, 0) is 36.9 Å². The maximum Gasteiger partial charge on any atom is 0.142 e. The molecule has 1 heterocycles. The van der Waals surface area contributed by atoms with Crippen LogP contribution in [0.1, 0.15) is 62.1 Å². The number of nitrogens with zero attached hydrogens (tertiary/aromatic N) is 1. The van der Waals surface area contributed by atoms with Crippen LogP contribution in [0.25, 0.3) is 0 Å². The van der Waals surface area contributed by atoms with Crippen molar-refractivity contribution in [2.75, 3.05) is 65.2 Å². The third-order valence-electron chi connectivity index (χ3n) is 7.72. The number of methoxy groups -OCH3 is 2. The fourth-order valence-electron chi connectivity index (χ4n) is 5.64. The summed E-state index contributed by atoms with van der Waals surface area (Å²) in [5.74, 6) is 1.00. The Morgan fingerprint density at radius 1 is 0.902 bits per heavy atom. The first-order valence-corrected chi connectivity index (χ1v) is 15.0. The second-order valence-electron chi connectivity index (χ2n) is 11.7. The molecule has 0 radical (unpaired) electrons. The number of hydrogen-bond donors (Lipinski definition) is 1. The Morgan fingerprint density at radius 2 is 1.63 bits per heavy atom. The Bertz CT molecular complexity index is 1040. The molecular weight excluding hydrogens is 522 g/mol. The molecule has 1 saturated carbocycles. The zero-order valence-electron chi connectivity index (χ0n) is 25.3. The molecule has 0 unspecified atom stereocenters. The molecule has 3 atom stereocenters. The average Bonchev–Trinajstić information content (AvgIpc) is 2.97. The fourth-order valence-corrected chi connectivity index (χ4v) is 5.64. The SMILES string of the molecule is COCCCN1CCOc2ccc(CO[C@H]3CCC[C@@H](OCC(C)(C)O)[C@@H]3c3ccc(COCCOC)cc3)cc21. The molecule has 1 aliphatic carbocycles. The van der Waals surface area contributed by atoms with Crippen molar-refractivity contribution in [1.29, 1.82) is 0 Å². The van der Waals surface area contributed by atoms with Crippen molar-refractivity contribution in [3.8, 4) is 5.75 Å². The molecule has 0 amide bonds. The minimum Gasteiger partial charge on any atom is -0.490 e. The normalized spacial score (nSPS) is 21.0. The van der Waals surface area contributed by atoms with Gasteiger partial charge in [0.25, 0.3) is 0 Å². The van der Waals surface area contributed by atoms with Crippen LogP contribution in [0.2, 0.25) is 0 Å². The lowest BCUT2D eigenvalue weighted by Crippen LogP contribution is -2.40. The Hall–Kier alpha value is -2.20. The van der Waals surface area contributed by atoms with Gasteiger partial charge in [-0.25, -0.2) is 0 Å². The number of anilines is 1. The summed E-state index contributed by atoms with van der Waals surface area (Å²) in [6.07, 6.45) is 3.88. The van der Waals surface area contributed by atoms with E-state index in [1.54, 1.807) is 28.1 Å². The first-order valence-electron chi connectivity index (χ1n) is 15.0. The van der Waals surface area contributed by atoms with Crippen LogP contribution in [0.4, 0.5) is 5.69 Å². The molecule has 0 aromatic heterocycles. The smallest absolute Gasteiger partial charge is 0.142 e. The third-order valence-corrected chi connectivity index (χ3v) is 7.72. The van der Waals surface area contributed by atoms with Crippen molar-refractivity contribution in [2.24, 2.45) is 0 Å². The minimum atomic E-state index is -0.887. The van der Waals surface area contributed by atoms with E-state index in [9.17, 15) is 5.11 Å². The molecule has 4 rings (SSSR count). The number of aliphatic hydroxyl groups is 1. The molecule has 8 heteroatoms. The quantitative estimate of drug-likeness (QED) is 0.279. The number of ether oxygens (including phenoxy) is 6. The standard InChI is InChI=1S/C33H49NO7/c1-33(2,35)24-41-31-8-5-7-30(32(31)27-12-9-25(10-13-27)22-38-20-19-37-4)40-23-26-11-14-29-28(21-26)34(16-18-39-29)15-6-17-36-3/h9-14,21,30-32,35H,5-8,15-20,22-24H2,1-4H3/t30-,31+,32+/m0/s1. The van der Waals surface area contributed by atoms with E-state index in [1.165, 1.54) is 5.56 Å². The summed E-state index contributed by atoms with van der Waals surface area (Å²) in [4.78, 5) is 2.38. The van der Waals surface area contributed by atoms with Crippen molar-refractivity contribution in [3.05, 3.63) is 59.2 Å². The topological polar surface area (TPSA) is 78.9 Å². The lowest BCUT2D eigenvalue weighted by molar-refractivity contribution is -0.103. The first kappa shape index (κ1) is 31.7. The van der Waals surface area contributed by atoms with E-state index in [4.69, 9.17) is 28.4 Å². The lowest BCUT2D eigenvalue weighted by atomic mass is 9.79. The van der Waals surface area contributed by atoms with Crippen LogP contribution in [0.5, 0.6) is 5.75 Å². The molecule has 2 aromatic rings. The summed E-state index contributed by atoms with van der Waals surface area (Å²) in [7, 11) is 3.42. The highest BCUT2D eigenvalue weighted by Crippen LogP contribution is 2.39. The van der Waals surface area contributed by atoms with Gasteiger partial charge in [0, 0.05) is 33.3 Å². The zero-order valence-corrected chi connectivity index (χ0v) is 25.3. The summed E-state index contributed by atoms with van der Waals surface area (Å²) in [5.41, 5.74) is 3.69. The molecule has 228 valence electrons. The van der Waals surface area contributed by atoms with Crippen molar-refractivity contribution >= 4 is 5.69 Å². The predicted octanol–water partition coefficient (Wildman–Crippen LogP) is 5.09. The molecule has 0 bridgehead atoms. The molecule has 2 aromatic carbocycles. The highest BCUT2D eigenvalue weighted by molar-refractivity contribution is 5.61. The Labute approximate surface area is 245 Å². The van der Waals surface area contributed by atoms with Crippen LogP contribution in [0.15, 0.2) is 42.5 Å². The van der Waals surface area contributed by atoms with Crippen LogP contribution < -0.4 is 9.64 Å². The number of fused-ring (bicyclic) bond motifs is 1. The highest BCUT2D eigenvalue weighted by Gasteiger charge is 2.37. The van der Waals surface area contributed by atoms with Crippen LogP contribution in [-0.4, -0.2) is 83.3 Å². The van der Waals surface area contributed by atoms with Crippen molar-refractivity contribution in [3.63, 3.8) is 0 Å². The molecule has 1 aliphatic heterocycles. The van der Waals surface area contributed by atoms with Gasteiger partial charge in [-0.1, -0.05) is 30.3 Å². The predicted molar refractivity (Wildman–Crippen MR) is 160 cm³/mol. The molecule has 0 spiro atoms. The van der Waals surface area contributed by atoms with E-state index < -0.39 is 5.60 Å². The van der Waals surface area contributed by atoms with Crippen molar-refractivity contribution in [1.82, 2.24) is 0 Å². The van der Waals surface area contributed by atoms with Gasteiger partial charge < -0.3 is 38.4 Å². The number of benzene rings is 2. The Balaban J connectivity index is 1.47. The van der Waals surface area contributed by atoms with E-state index in [2.05, 4.69) is 47.4 Å². The van der Waals surface area contributed by atoms with Gasteiger partial charge in [-0.05, 0) is 68.4 Å². The van der Waals surface area contributed by atoms with Gasteiger partial charge in [0.15, 0.2) is 0 Å². The third kappa shape index (κ3) is 9.66. The Kier molecular flexibility index (Phi) is 12.3. The summed E-state index contributed by atoms with van der Waals surface area (Å²) in [6, 6.07) is 15.0. The monoisotopic (exact) mass is 571 g/mol. The van der Waals surface area contributed by atoms with E-state index in [0.717, 1.165) is 67.9 Å². The zero-order chi connectivity index (χ0) is 29.1. The number of hydrogen-bond acceptors (Lipinski definition) is 8. The summed E-state index contributed by atoms with van der Waals surface area (Å²) in [5, 5.41) is 10.4. The van der Waals surface area contributed by atoms with Crippen LogP contribution in [0, 0.1) is 0 Å². The van der Waals surface area contributed by atoms with Crippen LogP contribution in [0.3, 0.4) is 0 Å². The summed E-state index contributed by atoms with van der Waals surface area (Å²) in [6.45, 7) is 9.35. The van der Waals surface area contributed by atoms with Gasteiger partial charge in [-0.3, -0.25) is 0 Å². The molecule has 41 heavy (non-hydrogen) atoms. The fraction of sp³-hybridized carbons (Fsp3) is 0.636. The van der Waals surface area contributed by atoms with E-state index in [1.807, 2.05) is 0 Å². The van der Waals surface area contributed by atoms with Gasteiger partial charge in [0.1, 0.15) is 12.4 Å². The first-order chi connectivity index (χ1) is 19.9. The average molecular weight is 572 g/mol. The second-order valence-corrected chi connectivity index (χ2v) is 11.7. The molecule has 8 nitrogen and oxygen atoms in total. The largest absolute Gasteiger partial charge is 0.490 e. The summed E-state index contributed by atoms with van der Waals surface area (Å²) < 4.78 is 35.0. The molecular formula is C33H49NO7. The molecule has 1 N–H and O–H groups in total. The molecule has 1 fully saturated rings. The van der Waals surface area contributed by atoms with Crippen LogP contribution >= 0.6 is 0 Å². The maximum atomic E-state index is 10.4. The van der Waals surface area contributed by atoms with E-state index in [-0.39, 0.29) is 24.7 Å². The molecule has 0 saturated heterocycles. The Morgan fingerprint density at radius 3 is 2.37 bits per heavy atom. The highest BCUT2D eigenvalue weighted by atomic mass is 16.5. The minimum absolute atomic E-state index is 0.00412. The maximum absolute atomic E-state index is 10.4. The van der Waals surface area contributed by atoms with Crippen molar-refractivity contribution < 1.29 is 33.5 Å². The lowest BCUT2D eigenvalue weighted by Gasteiger charge is -2.39. The number of rotatable bonds is 16. The second kappa shape index (κ2) is 15.9. The summed E-state index contributed by atoms with van der Waals surface area (Å²) >= 11 is 0. The van der Waals surface area contributed by atoms with Crippen molar-refractivity contribution in [2.45, 2.75) is 76.5 Å². The van der Waals surface area contributed by atoms with Gasteiger partial charge in [-0.15, -0.1) is 0 Å². The van der Waals surface area contributed by atoms with Gasteiger partial charge in [0.05, 0.1) is 63.1 Å². The van der Waals surface area contributed by atoms with Gasteiger partial charge in [-0.2, -0.15) is 0 Å². The van der Waals surface area contributed by atoms with Gasteiger partial charge in [0.2, 0.25) is 0 Å². The van der Waals surface area contributed by atoms with E-state index in [0.29, 0.717) is 33.0 Å².